The molecule has 0 radical (unpaired) electrons. The van der Waals surface area contributed by atoms with Gasteiger partial charge in [0.05, 0.1) is 19.3 Å². The molecular formula is C25H40O12. The van der Waals surface area contributed by atoms with Gasteiger partial charge in [-0.1, -0.05) is 31.6 Å². The molecule has 0 spiro atoms. The van der Waals surface area contributed by atoms with Gasteiger partial charge >= 0.3 is 0 Å². The Morgan fingerprint density at radius 1 is 0.973 bits per heavy atom. The summed E-state index contributed by atoms with van der Waals surface area (Å²) >= 11 is 0. The van der Waals surface area contributed by atoms with Crippen LogP contribution in [0, 0.1) is 11.3 Å². The molecule has 212 valence electrons. The Hall–Kier alpha value is -1.29. The van der Waals surface area contributed by atoms with Crippen LogP contribution in [0.15, 0.2) is 23.8 Å². The molecule has 0 aromatic carbocycles. The average Bonchev–Trinajstić information content (AvgIpc) is 2.82. The maximum absolute atomic E-state index is 12.0. The van der Waals surface area contributed by atoms with Crippen molar-refractivity contribution < 1.29 is 59.5 Å². The summed E-state index contributed by atoms with van der Waals surface area (Å²) in [6, 6.07) is 0. The molecule has 0 aromatic rings. The molecule has 2 aliphatic heterocycles. The van der Waals surface area contributed by atoms with Gasteiger partial charge in [-0.25, -0.2) is 0 Å². The van der Waals surface area contributed by atoms with Crippen molar-refractivity contribution in [1.29, 1.82) is 0 Å². The second-order valence-corrected chi connectivity index (χ2v) is 10.7. The van der Waals surface area contributed by atoms with Gasteiger partial charge in [-0.05, 0) is 25.3 Å². The number of aliphatic hydroxyl groups excluding tert-OH is 7. The van der Waals surface area contributed by atoms with Gasteiger partial charge in [-0.2, -0.15) is 0 Å². The summed E-state index contributed by atoms with van der Waals surface area (Å²) in [6.07, 6.45) is -10.0. The van der Waals surface area contributed by atoms with Crippen molar-refractivity contribution in [2.45, 2.75) is 102 Å². The Morgan fingerprint density at radius 2 is 1.54 bits per heavy atom. The van der Waals surface area contributed by atoms with E-state index in [2.05, 4.69) is 0 Å². The van der Waals surface area contributed by atoms with Crippen molar-refractivity contribution in [2.75, 3.05) is 13.2 Å². The summed E-state index contributed by atoms with van der Waals surface area (Å²) in [5.74, 6) is 0.0464. The first-order valence-corrected chi connectivity index (χ1v) is 12.4. The van der Waals surface area contributed by atoms with Gasteiger partial charge in [-0.3, -0.25) is 4.79 Å². The minimum absolute atomic E-state index is 0.0257. The number of aliphatic hydroxyl groups is 7. The van der Waals surface area contributed by atoms with Gasteiger partial charge < -0.3 is 54.7 Å². The van der Waals surface area contributed by atoms with E-state index in [0.29, 0.717) is 6.42 Å². The quantitative estimate of drug-likeness (QED) is 0.172. The largest absolute Gasteiger partial charge is 0.394 e. The Morgan fingerprint density at radius 3 is 2.11 bits per heavy atom. The standard InChI is InChI=1S/C25H40O12/c1-11-7-13(28)8-25(3,4)14(11)6-5-12(2)34-24-22(20(32)18(30)16(10-27)36-24)37-23-21(33)19(31)17(29)15(9-26)35-23/h5-7,12,14-24,26-27,29-33H,8-10H2,1-4H3/t12-,14+,15-,16-,17-,18-,19+,20+,21-,22-,23+,24-/m1/s1. The van der Waals surface area contributed by atoms with Crippen LogP contribution in [0.3, 0.4) is 0 Å². The van der Waals surface area contributed by atoms with E-state index in [4.69, 9.17) is 18.9 Å². The molecule has 3 aliphatic rings. The van der Waals surface area contributed by atoms with E-state index in [0.717, 1.165) is 5.57 Å². The third-order valence-corrected chi connectivity index (χ3v) is 7.24. The van der Waals surface area contributed by atoms with Crippen molar-refractivity contribution in [3.63, 3.8) is 0 Å². The smallest absolute Gasteiger partial charge is 0.187 e. The van der Waals surface area contributed by atoms with Crippen LogP contribution in [0.1, 0.15) is 34.1 Å². The number of carbonyl (C=O) groups excluding carboxylic acids is 1. The van der Waals surface area contributed by atoms with Crippen LogP contribution in [0.2, 0.25) is 0 Å². The van der Waals surface area contributed by atoms with Crippen molar-refractivity contribution in [3.8, 4) is 0 Å². The van der Waals surface area contributed by atoms with Crippen molar-refractivity contribution in [2.24, 2.45) is 11.3 Å². The van der Waals surface area contributed by atoms with Gasteiger partial charge in [0.2, 0.25) is 0 Å². The monoisotopic (exact) mass is 532 g/mol. The van der Waals surface area contributed by atoms with E-state index in [1.807, 2.05) is 26.8 Å². The number of hydrogen-bond donors (Lipinski definition) is 7. The molecule has 1 aliphatic carbocycles. The molecule has 12 atom stereocenters. The topological polar surface area (TPSA) is 196 Å². The molecular weight excluding hydrogens is 492 g/mol. The van der Waals surface area contributed by atoms with Crippen LogP contribution in [0.25, 0.3) is 0 Å². The lowest BCUT2D eigenvalue weighted by Crippen LogP contribution is -2.64. The summed E-state index contributed by atoms with van der Waals surface area (Å²) in [7, 11) is 0. The molecule has 2 saturated heterocycles. The number of allylic oxidation sites excluding steroid dienone is 3. The van der Waals surface area contributed by atoms with Crippen molar-refractivity contribution in [3.05, 3.63) is 23.8 Å². The van der Waals surface area contributed by atoms with Crippen LogP contribution < -0.4 is 0 Å². The molecule has 0 unspecified atom stereocenters. The minimum atomic E-state index is -1.75. The lowest BCUT2D eigenvalue weighted by atomic mass is 9.68. The molecule has 0 bridgehead atoms. The first-order valence-electron chi connectivity index (χ1n) is 12.4. The maximum atomic E-state index is 12.0. The molecule has 0 amide bonds. The Balaban J connectivity index is 1.77. The number of ether oxygens (including phenoxy) is 4. The summed E-state index contributed by atoms with van der Waals surface area (Å²) in [5, 5.41) is 70.6. The van der Waals surface area contributed by atoms with Crippen LogP contribution in [0.4, 0.5) is 0 Å². The fourth-order valence-electron chi connectivity index (χ4n) is 5.15. The number of hydrogen-bond acceptors (Lipinski definition) is 12. The van der Waals surface area contributed by atoms with E-state index >= 15 is 0 Å². The minimum Gasteiger partial charge on any atom is -0.394 e. The highest BCUT2D eigenvalue weighted by atomic mass is 16.8. The zero-order chi connectivity index (χ0) is 27.7. The fraction of sp³-hybridized carbons (Fsp3) is 0.800. The summed E-state index contributed by atoms with van der Waals surface area (Å²) in [5.41, 5.74) is 0.617. The predicted molar refractivity (Wildman–Crippen MR) is 127 cm³/mol. The first-order chi connectivity index (χ1) is 17.3. The zero-order valence-electron chi connectivity index (χ0n) is 21.5. The molecule has 12 heteroatoms. The van der Waals surface area contributed by atoms with Gasteiger partial charge in [-0.15, -0.1) is 0 Å². The third kappa shape index (κ3) is 6.65. The lowest BCUT2D eigenvalue weighted by Gasteiger charge is -2.46. The van der Waals surface area contributed by atoms with Gasteiger partial charge in [0.25, 0.3) is 0 Å². The van der Waals surface area contributed by atoms with E-state index < -0.39 is 80.7 Å². The van der Waals surface area contributed by atoms with Crippen LogP contribution >= 0.6 is 0 Å². The highest BCUT2D eigenvalue weighted by Gasteiger charge is 2.51. The molecule has 12 nitrogen and oxygen atoms in total. The summed E-state index contributed by atoms with van der Waals surface area (Å²) in [6.45, 7) is 6.29. The SMILES string of the molecule is CC1=CC(=O)CC(C)(C)[C@H]1C=C[C@@H](C)O[C@@H]1O[C@H](CO)[C@@H](O)[C@H](O)[C@H]1O[C@@H]1O[C@H](CO)[C@@H](O)[C@H](O)[C@H]1O. The highest BCUT2D eigenvalue weighted by molar-refractivity contribution is 5.92. The molecule has 37 heavy (non-hydrogen) atoms. The molecule has 0 saturated carbocycles. The van der Waals surface area contributed by atoms with E-state index in [1.54, 1.807) is 19.1 Å². The Kier molecular flexibility index (Phi) is 10.0. The van der Waals surface area contributed by atoms with E-state index in [9.17, 15) is 40.5 Å². The summed E-state index contributed by atoms with van der Waals surface area (Å²) in [4.78, 5) is 12.0. The van der Waals surface area contributed by atoms with Gasteiger partial charge in [0, 0.05) is 12.3 Å². The van der Waals surface area contributed by atoms with Crippen molar-refractivity contribution >= 4 is 5.78 Å². The molecule has 7 N–H and O–H groups in total. The van der Waals surface area contributed by atoms with E-state index in [-0.39, 0.29) is 17.1 Å². The van der Waals surface area contributed by atoms with Crippen LogP contribution in [-0.2, 0) is 23.7 Å². The number of ketones is 1. The van der Waals surface area contributed by atoms with Crippen molar-refractivity contribution in [1.82, 2.24) is 0 Å². The molecule has 0 aromatic heterocycles. The van der Waals surface area contributed by atoms with Gasteiger partial charge in [0.1, 0.15) is 48.8 Å². The molecule has 2 heterocycles. The second-order valence-electron chi connectivity index (χ2n) is 10.7. The lowest BCUT2D eigenvalue weighted by molar-refractivity contribution is -0.369. The Bertz CT molecular complexity index is 842. The number of rotatable bonds is 8. The summed E-state index contributed by atoms with van der Waals surface area (Å²) < 4.78 is 22.6. The fourth-order valence-corrected chi connectivity index (χ4v) is 5.15. The van der Waals surface area contributed by atoms with Crippen LogP contribution in [0.5, 0.6) is 0 Å². The zero-order valence-corrected chi connectivity index (χ0v) is 21.5. The van der Waals surface area contributed by atoms with Crippen LogP contribution in [-0.4, -0.2) is 122 Å². The highest BCUT2D eigenvalue weighted by Crippen LogP contribution is 2.40. The third-order valence-electron chi connectivity index (χ3n) is 7.24. The molecule has 3 rings (SSSR count). The second kappa shape index (κ2) is 12.3. The maximum Gasteiger partial charge on any atom is 0.187 e. The number of carbonyl (C=O) groups is 1. The Labute approximate surface area is 215 Å². The first kappa shape index (κ1) is 30.3. The predicted octanol–water partition coefficient (Wildman–Crippen LogP) is -1.87. The molecule has 2 fully saturated rings. The average molecular weight is 533 g/mol. The van der Waals surface area contributed by atoms with E-state index in [1.165, 1.54) is 0 Å². The normalized spacial score (nSPS) is 43.6. The van der Waals surface area contributed by atoms with Gasteiger partial charge in [0.15, 0.2) is 18.4 Å².